The molecule has 0 aliphatic heterocycles. The van der Waals surface area contributed by atoms with Crippen LogP contribution in [0.15, 0.2) is 46.6 Å². The molecule has 0 spiro atoms. The summed E-state index contributed by atoms with van der Waals surface area (Å²) >= 11 is 11.8. The van der Waals surface area contributed by atoms with E-state index in [2.05, 4.69) is 15.2 Å². The quantitative estimate of drug-likeness (QED) is 0.607. The van der Waals surface area contributed by atoms with Crippen LogP contribution in [0.2, 0.25) is 10.0 Å². The van der Waals surface area contributed by atoms with Gasteiger partial charge in [-0.2, -0.15) is 0 Å². The fourth-order valence-corrected chi connectivity index (χ4v) is 2.48. The summed E-state index contributed by atoms with van der Waals surface area (Å²) in [6.45, 7) is 1.82. The van der Waals surface area contributed by atoms with Gasteiger partial charge in [-0.3, -0.25) is 4.79 Å². The highest BCUT2D eigenvalue weighted by molar-refractivity contribution is 6.32. The van der Waals surface area contributed by atoms with Crippen molar-refractivity contribution in [1.29, 1.82) is 0 Å². The van der Waals surface area contributed by atoms with E-state index in [1.54, 1.807) is 36.4 Å². The lowest BCUT2D eigenvalue weighted by molar-refractivity contribution is 0.0995. The lowest BCUT2D eigenvalue weighted by Gasteiger charge is -1.98. The van der Waals surface area contributed by atoms with Gasteiger partial charge in [0.2, 0.25) is 5.88 Å². The van der Waals surface area contributed by atoms with Gasteiger partial charge in [0, 0.05) is 21.0 Å². The van der Waals surface area contributed by atoms with E-state index in [-0.39, 0.29) is 11.6 Å². The highest BCUT2D eigenvalue weighted by Crippen LogP contribution is 2.38. The molecular weight excluding hydrogens is 337 g/mol. The molecule has 0 radical (unpaired) electrons. The molecule has 0 fully saturated rings. The van der Waals surface area contributed by atoms with Crippen LogP contribution < -0.4 is 0 Å². The van der Waals surface area contributed by atoms with Gasteiger partial charge in [-0.25, -0.2) is 0 Å². The minimum absolute atomic E-state index is 0.168. The summed E-state index contributed by atoms with van der Waals surface area (Å²) in [5.41, 5.74) is 1.99. The molecule has 1 amide bonds. The zero-order valence-electron chi connectivity index (χ0n) is 12.0. The largest absolute Gasteiger partial charge is 0.493 e. The lowest BCUT2D eigenvalue weighted by atomic mass is 10.1. The predicted molar refractivity (Wildman–Crippen MR) is 90.0 cm³/mol. The molecule has 7 heteroatoms. The van der Waals surface area contributed by atoms with Crippen molar-refractivity contribution in [2.24, 2.45) is 10.2 Å². The first-order chi connectivity index (χ1) is 11.0. The first kappa shape index (κ1) is 15.5. The number of hydrogen-bond donors (Lipinski definition) is 2. The van der Waals surface area contributed by atoms with Gasteiger partial charge in [0.1, 0.15) is 0 Å². The van der Waals surface area contributed by atoms with E-state index in [4.69, 9.17) is 23.2 Å². The van der Waals surface area contributed by atoms with Crippen LogP contribution in [-0.2, 0) is 0 Å². The monoisotopic (exact) mass is 347 g/mol. The number of rotatable bonds is 2. The Morgan fingerprint density at radius 1 is 1.13 bits per heavy atom. The summed E-state index contributed by atoms with van der Waals surface area (Å²) in [6, 6.07) is 9.72. The Labute approximate surface area is 141 Å². The second kappa shape index (κ2) is 6.02. The fourth-order valence-electron chi connectivity index (χ4n) is 2.20. The Morgan fingerprint density at radius 2 is 1.83 bits per heavy atom. The van der Waals surface area contributed by atoms with E-state index in [9.17, 15) is 9.90 Å². The van der Waals surface area contributed by atoms with Gasteiger partial charge in [0.25, 0.3) is 5.91 Å². The van der Waals surface area contributed by atoms with Crippen LogP contribution in [0.3, 0.4) is 0 Å². The zero-order valence-corrected chi connectivity index (χ0v) is 13.5. The van der Waals surface area contributed by atoms with Crippen LogP contribution in [0, 0.1) is 6.92 Å². The molecule has 0 saturated heterocycles. The van der Waals surface area contributed by atoms with Crippen molar-refractivity contribution in [1.82, 2.24) is 4.98 Å². The van der Waals surface area contributed by atoms with E-state index in [0.29, 0.717) is 26.5 Å². The molecule has 0 aliphatic carbocycles. The van der Waals surface area contributed by atoms with Crippen LogP contribution in [-0.4, -0.2) is 16.0 Å². The molecule has 2 N–H and O–H groups in total. The third kappa shape index (κ3) is 2.93. The smallest absolute Gasteiger partial charge is 0.295 e. The number of benzene rings is 2. The molecule has 1 heterocycles. The molecule has 0 unspecified atom stereocenters. The second-order valence-electron chi connectivity index (χ2n) is 4.93. The van der Waals surface area contributed by atoms with Crippen molar-refractivity contribution in [3.63, 3.8) is 0 Å². The third-order valence-electron chi connectivity index (χ3n) is 3.45. The van der Waals surface area contributed by atoms with Crippen molar-refractivity contribution in [2.45, 2.75) is 6.92 Å². The molecule has 116 valence electrons. The van der Waals surface area contributed by atoms with Gasteiger partial charge < -0.3 is 10.1 Å². The molecule has 3 rings (SSSR count). The van der Waals surface area contributed by atoms with Crippen LogP contribution in [0.25, 0.3) is 10.9 Å². The molecule has 23 heavy (non-hydrogen) atoms. The van der Waals surface area contributed by atoms with Gasteiger partial charge in [-0.05, 0) is 48.9 Å². The van der Waals surface area contributed by atoms with E-state index < -0.39 is 5.91 Å². The summed E-state index contributed by atoms with van der Waals surface area (Å²) in [6.07, 6.45) is 0. The average molecular weight is 348 g/mol. The van der Waals surface area contributed by atoms with Crippen LogP contribution >= 0.6 is 23.2 Å². The number of fused-ring (bicyclic) bond motifs is 1. The van der Waals surface area contributed by atoms with Gasteiger partial charge in [-0.1, -0.05) is 23.2 Å². The van der Waals surface area contributed by atoms with Gasteiger partial charge in [0.05, 0.1) is 5.52 Å². The molecule has 0 bridgehead atoms. The second-order valence-corrected chi connectivity index (χ2v) is 5.77. The highest BCUT2D eigenvalue weighted by atomic mass is 35.5. The summed E-state index contributed by atoms with van der Waals surface area (Å²) in [5, 5.41) is 19.3. The maximum Gasteiger partial charge on any atom is 0.295 e. The van der Waals surface area contributed by atoms with Crippen molar-refractivity contribution in [3.8, 4) is 5.88 Å². The van der Waals surface area contributed by atoms with E-state index in [1.165, 1.54) is 0 Å². The number of hydrogen-bond acceptors (Lipinski definition) is 3. The van der Waals surface area contributed by atoms with E-state index in [1.807, 2.05) is 6.92 Å². The summed E-state index contributed by atoms with van der Waals surface area (Å²) in [5.74, 6) is -0.695. The Balaban J connectivity index is 1.98. The number of halogens is 2. The number of nitrogens with one attached hydrogen (secondary N) is 1. The number of carbonyl (C=O) groups is 1. The summed E-state index contributed by atoms with van der Waals surface area (Å²) in [7, 11) is 0. The Hall–Kier alpha value is -2.37. The minimum Gasteiger partial charge on any atom is -0.493 e. The molecule has 0 atom stereocenters. The maximum atomic E-state index is 12.0. The van der Waals surface area contributed by atoms with Crippen LogP contribution in [0.5, 0.6) is 5.88 Å². The van der Waals surface area contributed by atoms with Gasteiger partial charge >= 0.3 is 0 Å². The van der Waals surface area contributed by atoms with Crippen molar-refractivity contribution < 1.29 is 9.90 Å². The number of nitrogens with zero attached hydrogens (tertiary/aromatic N) is 2. The number of aromatic nitrogens is 1. The normalized spacial score (nSPS) is 11.4. The summed E-state index contributed by atoms with van der Waals surface area (Å²) < 4.78 is 0. The molecule has 2 aromatic carbocycles. The lowest BCUT2D eigenvalue weighted by Crippen LogP contribution is -1.92. The van der Waals surface area contributed by atoms with Crippen molar-refractivity contribution in [2.75, 3.05) is 0 Å². The number of aromatic amines is 1. The number of aromatic hydroxyl groups is 1. The molecule has 1 aromatic heterocycles. The summed E-state index contributed by atoms with van der Waals surface area (Å²) in [4.78, 5) is 14.8. The number of azo groups is 1. The number of H-pyrrole nitrogens is 1. The first-order valence-electron chi connectivity index (χ1n) is 6.68. The Bertz CT molecular complexity index is 931. The van der Waals surface area contributed by atoms with Crippen molar-refractivity contribution in [3.05, 3.63) is 57.6 Å². The molecule has 3 aromatic rings. The molecule has 5 nitrogen and oxygen atoms in total. The number of amides is 1. The third-order valence-corrected chi connectivity index (χ3v) is 4.12. The van der Waals surface area contributed by atoms with Crippen LogP contribution in [0.1, 0.15) is 15.9 Å². The number of aryl methyl sites for hydroxylation is 1. The predicted octanol–water partition coefficient (Wildman–Crippen LogP) is 5.41. The Kier molecular flexibility index (Phi) is 4.07. The van der Waals surface area contributed by atoms with Crippen molar-refractivity contribution >= 4 is 45.7 Å². The first-order valence-corrected chi connectivity index (χ1v) is 7.44. The average Bonchev–Trinajstić information content (AvgIpc) is 2.86. The molecule has 0 aliphatic rings. The SMILES string of the molecule is Cc1c(Cl)ccc2c(N=NC(=O)c3ccc(Cl)cc3)c(O)[nH]c12. The zero-order chi connectivity index (χ0) is 16.6. The number of carbonyl (C=O) groups excluding carboxylic acids is 1. The van der Waals surface area contributed by atoms with Crippen LogP contribution in [0.4, 0.5) is 5.69 Å². The maximum absolute atomic E-state index is 12.0. The van der Waals surface area contributed by atoms with Gasteiger partial charge in [0.15, 0.2) is 5.69 Å². The topological polar surface area (TPSA) is 77.8 Å². The van der Waals surface area contributed by atoms with Gasteiger partial charge in [-0.15, -0.1) is 10.2 Å². The van der Waals surface area contributed by atoms with E-state index >= 15 is 0 Å². The minimum atomic E-state index is -0.527. The molecule has 0 saturated carbocycles. The fraction of sp³-hybridized carbons (Fsp3) is 0.0625. The highest BCUT2D eigenvalue weighted by Gasteiger charge is 2.14. The Morgan fingerprint density at radius 3 is 2.52 bits per heavy atom. The standard InChI is InChI=1S/C16H11Cl2N3O2/c1-8-12(18)7-6-11-13(8)19-16(23)14(11)20-21-15(22)9-2-4-10(17)5-3-9/h2-7,19,23H,1H3. The molecular formula is C16H11Cl2N3O2. The van der Waals surface area contributed by atoms with E-state index in [0.717, 1.165) is 5.56 Å².